The molecule has 8 heteroatoms. The maximum Gasteiger partial charge on any atom is 0.232 e. The minimum atomic E-state index is -0.804. The molecule has 0 spiro atoms. The van der Waals surface area contributed by atoms with E-state index in [1.54, 1.807) is 24.0 Å². The predicted octanol–water partition coefficient (Wildman–Crippen LogP) is 5.79. The number of imidazole rings is 1. The normalized spacial score (nSPS) is 12.6. The summed E-state index contributed by atoms with van der Waals surface area (Å²) >= 11 is 1.28. The maximum absolute atomic E-state index is 13.4. The van der Waals surface area contributed by atoms with Gasteiger partial charge in [0.05, 0.1) is 23.0 Å². The van der Waals surface area contributed by atoms with Gasteiger partial charge in [-0.25, -0.2) is 9.37 Å². The summed E-state index contributed by atoms with van der Waals surface area (Å²) in [6.07, 6.45) is 3.75. The van der Waals surface area contributed by atoms with Crippen LogP contribution in [0.15, 0.2) is 84.8 Å². The average Bonchev–Trinajstić information content (AvgIpc) is 3.50. The monoisotopic (exact) mass is 471 g/mol. The van der Waals surface area contributed by atoms with E-state index in [2.05, 4.69) is 20.5 Å². The number of nitrogens with zero attached hydrogens (tertiary/aromatic N) is 4. The van der Waals surface area contributed by atoms with E-state index in [9.17, 15) is 9.18 Å². The zero-order chi connectivity index (χ0) is 23.7. The molecule has 0 fully saturated rings. The predicted molar refractivity (Wildman–Crippen MR) is 131 cm³/mol. The van der Waals surface area contributed by atoms with Gasteiger partial charge in [-0.1, -0.05) is 61.6 Å². The summed E-state index contributed by atoms with van der Waals surface area (Å²) in [5.74, 6) is -0.659. The van der Waals surface area contributed by atoms with E-state index in [1.807, 2.05) is 66.9 Å². The van der Waals surface area contributed by atoms with Crippen LogP contribution in [0.25, 0.3) is 16.8 Å². The Morgan fingerprint density at radius 2 is 1.79 bits per heavy atom. The number of carbonyl (C=O) groups is 1. The molecule has 0 bridgehead atoms. The van der Waals surface area contributed by atoms with Gasteiger partial charge in [-0.15, -0.1) is 10.2 Å². The van der Waals surface area contributed by atoms with Crippen LogP contribution in [0.1, 0.15) is 30.9 Å². The molecule has 0 saturated carbocycles. The van der Waals surface area contributed by atoms with Gasteiger partial charge in [0.25, 0.3) is 0 Å². The Morgan fingerprint density at radius 3 is 2.50 bits per heavy atom. The van der Waals surface area contributed by atoms with Gasteiger partial charge < -0.3 is 9.72 Å². The maximum atomic E-state index is 13.4. The molecular weight excluding hydrogens is 449 g/mol. The summed E-state index contributed by atoms with van der Waals surface area (Å²) in [5.41, 5.74) is 5.30. The van der Waals surface area contributed by atoms with E-state index < -0.39 is 5.41 Å². The Bertz CT molecular complexity index is 1430. The van der Waals surface area contributed by atoms with Crippen molar-refractivity contribution < 1.29 is 9.18 Å². The van der Waals surface area contributed by atoms with Crippen LogP contribution in [0, 0.1) is 11.2 Å². The number of hydrogen-bond acceptors (Lipinski definition) is 5. The molecule has 6 nitrogen and oxygen atoms in total. The summed E-state index contributed by atoms with van der Waals surface area (Å²) < 4.78 is 15.3. The number of carbonyl (C=O) groups excluding carboxylic acids is 1. The summed E-state index contributed by atoms with van der Waals surface area (Å²) in [6, 6.07) is 20.3. The lowest BCUT2D eigenvalue weighted by molar-refractivity contribution is -0.124. The van der Waals surface area contributed by atoms with Gasteiger partial charge in [-0.05, 0) is 41.5 Å². The topological polar surface area (TPSA) is 72.2 Å². The second kappa shape index (κ2) is 8.79. The first kappa shape index (κ1) is 21.9. The van der Waals surface area contributed by atoms with Crippen molar-refractivity contribution in [2.75, 3.05) is 5.32 Å². The smallest absolute Gasteiger partial charge is 0.232 e. The lowest BCUT2D eigenvalue weighted by Crippen LogP contribution is -2.37. The molecule has 170 valence electrons. The Kier molecular flexibility index (Phi) is 5.67. The fourth-order valence-electron chi connectivity index (χ4n) is 4.31. The molecule has 3 heterocycles. The third-order valence-corrected chi connectivity index (χ3v) is 6.63. The van der Waals surface area contributed by atoms with Crippen LogP contribution in [0.5, 0.6) is 0 Å². The molecule has 5 rings (SSSR count). The van der Waals surface area contributed by atoms with Gasteiger partial charge in [0.1, 0.15) is 11.3 Å². The fourth-order valence-corrected chi connectivity index (χ4v) is 4.75. The molecule has 0 unspecified atom stereocenters. The van der Waals surface area contributed by atoms with Crippen molar-refractivity contribution in [3.05, 3.63) is 102 Å². The molecule has 0 aliphatic rings. The molecule has 2 aromatic carbocycles. The average molecular weight is 472 g/mol. The van der Waals surface area contributed by atoms with Crippen molar-refractivity contribution in [2.45, 2.75) is 19.8 Å². The number of pyridine rings is 1. The quantitative estimate of drug-likeness (QED) is 0.340. The lowest BCUT2D eigenvalue weighted by atomic mass is 9.71. The second-order valence-electron chi connectivity index (χ2n) is 8.62. The second-order valence-corrected chi connectivity index (χ2v) is 9.45. The number of benzene rings is 2. The van der Waals surface area contributed by atoms with Gasteiger partial charge in [0.15, 0.2) is 0 Å². The van der Waals surface area contributed by atoms with Gasteiger partial charge in [-0.3, -0.25) is 4.79 Å². The van der Waals surface area contributed by atoms with Gasteiger partial charge in [0.2, 0.25) is 11.0 Å². The molecule has 3 aromatic heterocycles. The van der Waals surface area contributed by atoms with Crippen molar-refractivity contribution in [1.29, 1.82) is 0 Å². The lowest BCUT2D eigenvalue weighted by Gasteiger charge is -2.33. The summed E-state index contributed by atoms with van der Waals surface area (Å²) in [6.45, 7) is 3.87. The molecule has 1 N–H and O–H groups in total. The number of aromatic nitrogens is 4. The van der Waals surface area contributed by atoms with Gasteiger partial charge in [-0.2, -0.15) is 0 Å². The first-order chi connectivity index (χ1) is 16.4. The van der Waals surface area contributed by atoms with Crippen LogP contribution < -0.4 is 5.32 Å². The number of fused-ring (bicyclic) bond motifs is 1. The Morgan fingerprint density at radius 1 is 1.03 bits per heavy atom. The number of rotatable bonds is 6. The largest absolute Gasteiger partial charge is 0.305 e. The number of anilines is 1. The van der Waals surface area contributed by atoms with Crippen molar-refractivity contribution in [3.63, 3.8) is 0 Å². The van der Waals surface area contributed by atoms with Crippen LogP contribution in [0.2, 0.25) is 0 Å². The first-order valence-electron chi connectivity index (χ1n) is 10.8. The van der Waals surface area contributed by atoms with E-state index in [1.165, 1.54) is 23.5 Å². The van der Waals surface area contributed by atoms with E-state index >= 15 is 0 Å². The van der Waals surface area contributed by atoms with Crippen LogP contribution in [-0.4, -0.2) is 25.5 Å². The third kappa shape index (κ3) is 4.08. The van der Waals surface area contributed by atoms with Crippen LogP contribution >= 0.6 is 11.3 Å². The Labute approximate surface area is 200 Å². The standard InChI is InChI=1S/C26H22FN5OS/c1-26(2,24(33)30-25-31-29-16-34-25)22(17-6-4-3-5-7-17)19-10-13-21-23(28-15-32(21)14-19)18-8-11-20(27)12-9-18/h3-16,22H,1-2H3,(H,30,31,33)/t22-/m1/s1. The minimum Gasteiger partial charge on any atom is -0.305 e. The molecule has 1 atom stereocenters. The van der Waals surface area contributed by atoms with Crippen LogP contribution in [0.4, 0.5) is 9.52 Å². The summed E-state index contributed by atoms with van der Waals surface area (Å²) in [5, 5.41) is 11.1. The minimum absolute atomic E-state index is 0.143. The van der Waals surface area contributed by atoms with Crippen LogP contribution in [0.3, 0.4) is 0 Å². The van der Waals surface area contributed by atoms with Gasteiger partial charge in [0, 0.05) is 17.7 Å². The van der Waals surface area contributed by atoms with E-state index in [0.29, 0.717) is 5.13 Å². The fraction of sp³-hybridized carbons (Fsp3) is 0.154. The zero-order valence-electron chi connectivity index (χ0n) is 18.6. The zero-order valence-corrected chi connectivity index (χ0v) is 19.5. The number of halogens is 1. The Balaban J connectivity index is 1.57. The highest BCUT2D eigenvalue weighted by Crippen LogP contribution is 2.42. The summed E-state index contributed by atoms with van der Waals surface area (Å²) in [7, 11) is 0. The SMILES string of the molecule is CC(C)(C(=O)Nc1nncs1)[C@H](c1ccccc1)c1ccc2c(-c3ccc(F)cc3)ncn2c1. The number of amides is 1. The van der Waals surface area contributed by atoms with E-state index in [0.717, 1.165) is 27.9 Å². The van der Waals surface area contributed by atoms with Crippen LogP contribution in [-0.2, 0) is 4.79 Å². The molecule has 5 aromatic rings. The highest BCUT2D eigenvalue weighted by Gasteiger charge is 2.39. The molecule has 34 heavy (non-hydrogen) atoms. The Hall–Kier alpha value is -3.91. The molecule has 0 saturated heterocycles. The highest BCUT2D eigenvalue weighted by molar-refractivity contribution is 7.13. The van der Waals surface area contributed by atoms with Crippen molar-refractivity contribution in [2.24, 2.45) is 5.41 Å². The molecule has 1 amide bonds. The molecular formula is C26H22FN5OS. The van der Waals surface area contributed by atoms with Crippen molar-refractivity contribution in [1.82, 2.24) is 19.6 Å². The van der Waals surface area contributed by atoms with E-state index in [4.69, 9.17) is 0 Å². The highest BCUT2D eigenvalue weighted by atomic mass is 32.1. The molecule has 0 aliphatic heterocycles. The van der Waals surface area contributed by atoms with E-state index in [-0.39, 0.29) is 17.6 Å². The third-order valence-electron chi connectivity index (χ3n) is 6.03. The van der Waals surface area contributed by atoms with Crippen molar-refractivity contribution in [3.8, 4) is 11.3 Å². The molecule has 0 radical (unpaired) electrons. The van der Waals surface area contributed by atoms with Crippen molar-refractivity contribution >= 4 is 27.9 Å². The molecule has 0 aliphatic carbocycles. The first-order valence-corrected chi connectivity index (χ1v) is 11.7. The van der Waals surface area contributed by atoms with Gasteiger partial charge >= 0.3 is 0 Å². The number of nitrogens with one attached hydrogen (secondary N) is 1. The number of hydrogen-bond donors (Lipinski definition) is 1. The summed E-state index contributed by atoms with van der Waals surface area (Å²) in [4.78, 5) is 17.9.